The third-order valence-corrected chi connectivity index (χ3v) is 2.66. The van der Waals surface area contributed by atoms with E-state index < -0.39 is 5.60 Å². The van der Waals surface area contributed by atoms with Gasteiger partial charge in [-0.25, -0.2) is 4.39 Å². The maximum Gasteiger partial charge on any atom is 0.129 e. The summed E-state index contributed by atoms with van der Waals surface area (Å²) in [5.41, 5.74) is 0.105. The van der Waals surface area contributed by atoms with Gasteiger partial charge in [0.25, 0.3) is 0 Å². The van der Waals surface area contributed by atoms with Crippen LogP contribution < -0.4 is 0 Å². The zero-order valence-electron chi connectivity index (χ0n) is 8.05. The summed E-state index contributed by atoms with van der Waals surface area (Å²) >= 11 is 0. The minimum absolute atomic E-state index is 0.0585. The van der Waals surface area contributed by atoms with Crippen molar-refractivity contribution in [2.75, 3.05) is 0 Å². The van der Waals surface area contributed by atoms with Crippen LogP contribution in [0.25, 0.3) is 0 Å². The van der Waals surface area contributed by atoms with Crippen LogP contribution in [0.3, 0.4) is 0 Å². The van der Waals surface area contributed by atoms with Gasteiger partial charge in [-0.05, 0) is 43.0 Å². The Hall–Kier alpha value is -1.09. The first-order valence-electron chi connectivity index (χ1n) is 4.71. The van der Waals surface area contributed by atoms with E-state index in [9.17, 15) is 14.6 Å². The number of hydrogen-bond donors (Lipinski definition) is 2. The van der Waals surface area contributed by atoms with Crippen LogP contribution in [0.5, 0.6) is 5.75 Å². The molecular formula is C11H13FO2. The van der Waals surface area contributed by atoms with Crippen molar-refractivity contribution < 1.29 is 14.6 Å². The number of rotatable bonds is 2. The molecule has 2 nitrogen and oxygen atoms in total. The Balaban J connectivity index is 2.32. The average Bonchev–Trinajstić information content (AvgIpc) is 2.79. The zero-order valence-corrected chi connectivity index (χ0v) is 8.05. The van der Waals surface area contributed by atoms with E-state index in [1.54, 1.807) is 6.92 Å². The molecule has 76 valence electrons. The number of phenolic OH excluding ortho intramolecular Hbond substituents is 1. The molecule has 1 aliphatic rings. The molecule has 0 spiro atoms. The quantitative estimate of drug-likeness (QED) is 0.758. The molecule has 2 rings (SSSR count). The summed E-state index contributed by atoms with van der Waals surface area (Å²) in [7, 11) is 0. The zero-order chi connectivity index (χ0) is 10.3. The third-order valence-electron chi connectivity index (χ3n) is 2.66. The fourth-order valence-corrected chi connectivity index (χ4v) is 1.63. The standard InChI is InChI=1S/C11H13FO2/c1-7-4-9(13)5-8(10(7)12)6-11(14)2-3-11/h4-5,13-14H,2-3,6H2,1H3. The van der Waals surface area contributed by atoms with Crippen molar-refractivity contribution >= 4 is 0 Å². The summed E-state index contributed by atoms with van der Waals surface area (Å²) < 4.78 is 13.5. The highest BCUT2D eigenvalue weighted by atomic mass is 19.1. The highest BCUT2D eigenvalue weighted by Crippen LogP contribution is 2.39. The first kappa shape index (κ1) is 9.46. The maximum atomic E-state index is 13.5. The first-order chi connectivity index (χ1) is 6.50. The predicted octanol–water partition coefficient (Wildman–Crippen LogP) is 1.91. The van der Waals surface area contributed by atoms with Gasteiger partial charge in [-0.1, -0.05) is 0 Å². The fraction of sp³-hybridized carbons (Fsp3) is 0.455. The number of aromatic hydroxyl groups is 1. The topological polar surface area (TPSA) is 40.5 Å². The minimum Gasteiger partial charge on any atom is -0.508 e. The highest BCUT2D eigenvalue weighted by molar-refractivity contribution is 5.35. The van der Waals surface area contributed by atoms with E-state index in [-0.39, 0.29) is 11.6 Å². The molecule has 0 amide bonds. The van der Waals surface area contributed by atoms with Crippen molar-refractivity contribution in [1.82, 2.24) is 0 Å². The fourth-order valence-electron chi connectivity index (χ4n) is 1.63. The smallest absolute Gasteiger partial charge is 0.129 e. The number of aryl methyl sites for hydroxylation is 1. The molecule has 0 saturated heterocycles. The number of benzene rings is 1. The van der Waals surface area contributed by atoms with Gasteiger partial charge in [0.15, 0.2) is 0 Å². The van der Waals surface area contributed by atoms with Crippen molar-refractivity contribution in [2.24, 2.45) is 0 Å². The second-order valence-electron chi connectivity index (χ2n) is 4.14. The number of phenols is 1. The SMILES string of the molecule is Cc1cc(O)cc(CC2(O)CC2)c1F. The Bertz CT molecular complexity index is 370. The summed E-state index contributed by atoms with van der Waals surface area (Å²) in [6.07, 6.45) is 1.75. The number of hydrogen-bond acceptors (Lipinski definition) is 2. The summed E-state index contributed by atoms with van der Waals surface area (Å²) in [6.45, 7) is 1.61. The largest absolute Gasteiger partial charge is 0.508 e. The second kappa shape index (κ2) is 2.95. The second-order valence-corrected chi connectivity index (χ2v) is 4.14. The van der Waals surface area contributed by atoms with Crippen molar-refractivity contribution in [2.45, 2.75) is 31.8 Å². The monoisotopic (exact) mass is 196 g/mol. The van der Waals surface area contributed by atoms with Crippen molar-refractivity contribution in [3.63, 3.8) is 0 Å². The molecular weight excluding hydrogens is 183 g/mol. The summed E-state index contributed by atoms with van der Waals surface area (Å²) in [5, 5.41) is 18.9. The van der Waals surface area contributed by atoms with Gasteiger partial charge in [0.05, 0.1) is 5.60 Å². The molecule has 0 aliphatic heterocycles. The van der Waals surface area contributed by atoms with E-state index in [1.807, 2.05) is 0 Å². The molecule has 0 bridgehead atoms. The molecule has 0 unspecified atom stereocenters. The van der Waals surface area contributed by atoms with Crippen LogP contribution in [0, 0.1) is 12.7 Å². The van der Waals surface area contributed by atoms with Crippen LogP contribution in [0.4, 0.5) is 4.39 Å². The minimum atomic E-state index is -0.721. The van der Waals surface area contributed by atoms with Gasteiger partial charge in [-0.2, -0.15) is 0 Å². The lowest BCUT2D eigenvalue weighted by Gasteiger charge is -2.10. The van der Waals surface area contributed by atoms with Gasteiger partial charge in [-0.15, -0.1) is 0 Å². The van der Waals surface area contributed by atoms with Crippen molar-refractivity contribution in [1.29, 1.82) is 0 Å². The van der Waals surface area contributed by atoms with Crippen LogP contribution in [0.2, 0.25) is 0 Å². The van der Waals surface area contributed by atoms with Crippen LogP contribution in [0.15, 0.2) is 12.1 Å². The molecule has 1 saturated carbocycles. The van der Waals surface area contributed by atoms with E-state index in [1.165, 1.54) is 12.1 Å². The molecule has 1 aromatic rings. The molecule has 1 fully saturated rings. The van der Waals surface area contributed by atoms with Crippen LogP contribution in [0.1, 0.15) is 24.0 Å². The van der Waals surface area contributed by atoms with Crippen LogP contribution in [-0.4, -0.2) is 15.8 Å². The van der Waals surface area contributed by atoms with Gasteiger partial charge in [0.1, 0.15) is 11.6 Å². The van der Waals surface area contributed by atoms with Gasteiger partial charge in [-0.3, -0.25) is 0 Å². The molecule has 0 radical (unpaired) electrons. The first-order valence-corrected chi connectivity index (χ1v) is 4.71. The summed E-state index contributed by atoms with van der Waals surface area (Å²) in [5.74, 6) is -0.258. The van der Waals surface area contributed by atoms with Crippen molar-refractivity contribution in [3.8, 4) is 5.75 Å². The van der Waals surface area contributed by atoms with E-state index in [0.29, 0.717) is 17.5 Å². The Morgan fingerprint density at radius 2 is 2.07 bits per heavy atom. The lowest BCUT2D eigenvalue weighted by molar-refractivity contribution is 0.149. The van der Waals surface area contributed by atoms with E-state index in [4.69, 9.17) is 0 Å². The van der Waals surface area contributed by atoms with Crippen LogP contribution >= 0.6 is 0 Å². The third kappa shape index (κ3) is 1.73. The summed E-state index contributed by atoms with van der Waals surface area (Å²) in [4.78, 5) is 0. The Morgan fingerprint density at radius 1 is 1.43 bits per heavy atom. The van der Waals surface area contributed by atoms with Gasteiger partial charge < -0.3 is 10.2 Å². The molecule has 0 heterocycles. The van der Waals surface area contributed by atoms with Gasteiger partial charge >= 0.3 is 0 Å². The van der Waals surface area contributed by atoms with Crippen molar-refractivity contribution in [3.05, 3.63) is 29.1 Å². The van der Waals surface area contributed by atoms with Gasteiger partial charge in [0, 0.05) is 6.42 Å². The normalized spacial score (nSPS) is 18.2. The Labute approximate surface area is 82.0 Å². The van der Waals surface area contributed by atoms with E-state index in [2.05, 4.69) is 0 Å². The highest BCUT2D eigenvalue weighted by Gasteiger charge is 2.40. The Morgan fingerprint density at radius 3 is 2.64 bits per heavy atom. The molecule has 14 heavy (non-hydrogen) atoms. The average molecular weight is 196 g/mol. The lowest BCUT2D eigenvalue weighted by Crippen LogP contribution is -2.12. The molecule has 1 aromatic carbocycles. The molecule has 1 aliphatic carbocycles. The molecule has 3 heteroatoms. The van der Waals surface area contributed by atoms with E-state index >= 15 is 0 Å². The number of aliphatic hydroxyl groups is 1. The molecule has 0 aromatic heterocycles. The molecule has 2 N–H and O–H groups in total. The summed E-state index contributed by atoms with van der Waals surface area (Å²) in [6, 6.07) is 2.77. The predicted molar refractivity (Wildman–Crippen MR) is 50.7 cm³/mol. The Kier molecular flexibility index (Phi) is 2.00. The maximum absolute atomic E-state index is 13.5. The van der Waals surface area contributed by atoms with Gasteiger partial charge in [0.2, 0.25) is 0 Å². The number of halogens is 1. The van der Waals surface area contributed by atoms with Crippen LogP contribution in [-0.2, 0) is 6.42 Å². The lowest BCUT2D eigenvalue weighted by atomic mass is 10.0. The molecule has 0 atom stereocenters. The van der Waals surface area contributed by atoms with E-state index in [0.717, 1.165) is 12.8 Å².